The number of thiophene rings is 1. The summed E-state index contributed by atoms with van der Waals surface area (Å²) in [6, 6.07) is 10.4. The van der Waals surface area contributed by atoms with Gasteiger partial charge in [-0.2, -0.15) is 4.98 Å². The maximum Gasteiger partial charge on any atom is 0.268 e. The number of fused-ring (bicyclic) bond motifs is 1. The molecule has 0 saturated carbocycles. The van der Waals surface area contributed by atoms with Gasteiger partial charge in [0.25, 0.3) is 5.91 Å². The van der Waals surface area contributed by atoms with E-state index in [0.29, 0.717) is 17.0 Å². The molecule has 0 N–H and O–H groups in total. The number of hydrogen-bond donors (Lipinski definition) is 0. The molecule has 1 aromatic carbocycles. The number of carbonyl (C=O) groups excluding carboxylic acids is 1. The highest BCUT2D eigenvalue weighted by atomic mass is 32.2. The zero-order chi connectivity index (χ0) is 16.7. The minimum absolute atomic E-state index is 0.0784. The van der Waals surface area contributed by atoms with Crippen LogP contribution in [0.3, 0.4) is 0 Å². The Morgan fingerprint density at radius 1 is 1.21 bits per heavy atom. The van der Waals surface area contributed by atoms with Gasteiger partial charge in [0.1, 0.15) is 6.54 Å². The normalized spacial score (nSPS) is 16.2. The van der Waals surface area contributed by atoms with Crippen LogP contribution in [0.2, 0.25) is 0 Å². The molecule has 2 aromatic heterocycles. The van der Waals surface area contributed by atoms with Crippen molar-refractivity contribution >= 4 is 27.3 Å². The summed E-state index contributed by atoms with van der Waals surface area (Å²) in [6.45, 7) is -0.270. The van der Waals surface area contributed by atoms with Crippen molar-refractivity contribution in [2.24, 2.45) is 0 Å². The Labute approximate surface area is 141 Å². The maximum absolute atomic E-state index is 12.5. The largest absolute Gasteiger partial charge is 0.337 e. The van der Waals surface area contributed by atoms with Crippen molar-refractivity contribution in [3.05, 3.63) is 58.8 Å². The van der Waals surface area contributed by atoms with Crippen LogP contribution in [0.4, 0.5) is 0 Å². The van der Waals surface area contributed by atoms with Gasteiger partial charge in [-0.15, -0.1) is 11.3 Å². The fourth-order valence-corrected chi connectivity index (χ4v) is 4.62. The zero-order valence-electron chi connectivity index (χ0n) is 12.2. The molecule has 9 heteroatoms. The van der Waals surface area contributed by atoms with E-state index in [4.69, 9.17) is 4.52 Å². The molecule has 3 aromatic rings. The fourth-order valence-electron chi connectivity index (χ4n) is 2.51. The molecule has 1 aliphatic heterocycles. The Balaban J connectivity index is 1.66. The topological polar surface area (TPSA) is 93.4 Å². The average molecular weight is 361 g/mol. The predicted octanol–water partition coefficient (Wildman–Crippen LogP) is 2.28. The average Bonchev–Trinajstić information content (AvgIpc) is 3.22. The molecule has 0 bridgehead atoms. The third kappa shape index (κ3) is 2.51. The molecule has 1 aliphatic rings. The van der Waals surface area contributed by atoms with Crippen LogP contribution < -0.4 is 0 Å². The number of amides is 1. The van der Waals surface area contributed by atoms with Crippen LogP contribution in [-0.2, 0) is 22.3 Å². The van der Waals surface area contributed by atoms with Gasteiger partial charge in [-0.1, -0.05) is 29.4 Å². The lowest BCUT2D eigenvalue weighted by Crippen LogP contribution is -2.41. The lowest BCUT2D eigenvalue weighted by atomic mass is 10.1. The van der Waals surface area contributed by atoms with Gasteiger partial charge in [0.05, 0.1) is 10.6 Å². The van der Waals surface area contributed by atoms with E-state index in [-0.39, 0.29) is 18.2 Å². The van der Waals surface area contributed by atoms with Gasteiger partial charge in [0, 0.05) is 5.56 Å². The van der Waals surface area contributed by atoms with Gasteiger partial charge < -0.3 is 4.52 Å². The van der Waals surface area contributed by atoms with Gasteiger partial charge >= 0.3 is 0 Å². The monoisotopic (exact) mass is 361 g/mol. The molecule has 3 heterocycles. The van der Waals surface area contributed by atoms with E-state index in [1.165, 1.54) is 11.3 Å². The summed E-state index contributed by atoms with van der Waals surface area (Å²) in [4.78, 5) is 17.5. The second-order valence-corrected chi connectivity index (χ2v) is 8.06. The first kappa shape index (κ1) is 15.0. The molecule has 0 spiro atoms. The van der Waals surface area contributed by atoms with E-state index >= 15 is 0 Å². The Morgan fingerprint density at radius 2 is 2.04 bits per heavy atom. The second-order valence-electron chi connectivity index (χ2n) is 5.21. The molecular formula is C15H11N3O4S2. The van der Waals surface area contributed by atoms with E-state index in [0.717, 1.165) is 9.18 Å². The predicted molar refractivity (Wildman–Crippen MR) is 86.6 cm³/mol. The van der Waals surface area contributed by atoms with Gasteiger partial charge in [-0.25, -0.2) is 12.7 Å². The van der Waals surface area contributed by atoms with Crippen LogP contribution in [0.5, 0.6) is 0 Å². The molecule has 0 aliphatic carbocycles. The number of hydrogen-bond acceptors (Lipinski definition) is 7. The van der Waals surface area contributed by atoms with E-state index < -0.39 is 15.9 Å². The minimum Gasteiger partial charge on any atom is -0.337 e. The number of aromatic nitrogens is 2. The quantitative estimate of drug-likeness (QED) is 0.710. The van der Waals surface area contributed by atoms with E-state index in [1.807, 2.05) is 17.5 Å². The first-order valence-corrected chi connectivity index (χ1v) is 9.52. The highest BCUT2D eigenvalue weighted by molar-refractivity contribution is 7.89. The number of rotatable bonds is 3. The fraction of sp³-hybridized carbons (Fsp3) is 0.133. The summed E-state index contributed by atoms with van der Waals surface area (Å²) in [5, 5.41) is 5.71. The molecule has 122 valence electrons. The highest BCUT2D eigenvalue weighted by Gasteiger charge is 2.36. The van der Waals surface area contributed by atoms with Crippen molar-refractivity contribution in [3.63, 3.8) is 0 Å². The number of nitrogens with zero attached hydrogens (tertiary/aromatic N) is 3. The maximum atomic E-state index is 12.5. The molecule has 0 fully saturated rings. The van der Waals surface area contributed by atoms with Crippen LogP contribution in [-0.4, -0.2) is 28.8 Å². The second kappa shape index (κ2) is 5.53. The minimum atomic E-state index is -3.77. The third-order valence-electron chi connectivity index (χ3n) is 3.64. The molecular weight excluding hydrogens is 350 g/mol. The summed E-state index contributed by atoms with van der Waals surface area (Å²) in [6.07, 6.45) is 0. The van der Waals surface area contributed by atoms with Crippen molar-refractivity contribution in [1.29, 1.82) is 0 Å². The smallest absolute Gasteiger partial charge is 0.268 e. The Morgan fingerprint density at radius 3 is 2.83 bits per heavy atom. The zero-order valence-corrected chi connectivity index (χ0v) is 13.9. The summed E-state index contributed by atoms with van der Waals surface area (Å²) in [5.41, 5.74) is 0.883. The molecule has 1 amide bonds. The van der Waals surface area contributed by atoms with E-state index in [1.54, 1.807) is 24.3 Å². The van der Waals surface area contributed by atoms with Crippen molar-refractivity contribution in [1.82, 2.24) is 14.4 Å². The molecule has 24 heavy (non-hydrogen) atoms. The van der Waals surface area contributed by atoms with Gasteiger partial charge in [-0.3, -0.25) is 4.79 Å². The first-order chi connectivity index (χ1) is 11.5. The van der Waals surface area contributed by atoms with Gasteiger partial charge in [0.2, 0.25) is 21.7 Å². The number of sulfonamides is 1. The summed E-state index contributed by atoms with van der Waals surface area (Å²) < 4.78 is 30.7. The molecule has 4 rings (SSSR count). The number of benzene rings is 1. The first-order valence-electron chi connectivity index (χ1n) is 7.04. The summed E-state index contributed by atoms with van der Waals surface area (Å²) >= 11 is 1.44. The molecule has 0 atom stereocenters. The molecule has 0 radical (unpaired) electrons. The van der Waals surface area contributed by atoms with Crippen LogP contribution in [0.25, 0.3) is 10.7 Å². The van der Waals surface area contributed by atoms with Crippen LogP contribution in [0.1, 0.15) is 21.8 Å². The van der Waals surface area contributed by atoms with Crippen molar-refractivity contribution in [2.45, 2.75) is 12.3 Å². The van der Waals surface area contributed by atoms with Crippen molar-refractivity contribution < 1.29 is 17.7 Å². The van der Waals surface area contributed by atoms with Gasteiger partial charge in [-0.05, 0) is 23.1 Å². The van der Waals surface area contributed by atoms with Gasteiger partial charge in [0.15, 0.2) is 0 Å². The summed E-state index contributed by atoms with van der Waals surface area (Å²) in [5.74, 6) is -0.342. The van der Waals surface area contributed by atoms with Crippen molar-refractivity contribution in [2.75, 3.05) is 0 Å². The standard InChI is InChI=1S/C15H11N3O4S2/c19-15-11-5-2-1-4-10(11)9-24(20,21)18(15)8-13-16-14(17-22-13)12-6-3-7-23-12/h1-7H,8-9H2. The Hall–Kier alpha value is -2.52. The number of carbonyl (C=O) groups is 1. The lowest BCUT2D eigenvalue weighted by Gasteiger charge is -2.26. The highest BCUT2D eigenvalue weighted by Crippen LogP contribution is 2.27. The Kier molecular flexibility index (Phi) is 3.47. The van der Waals surface area contributed by atoms with Crippen LogP contribution in [0.15, 0.2) is 46.3 Å². The molecule has 7 nitrogen and oxygen atoms in total. The molecule has 0 unspecified atom stereocenters. The van der Waals surface area contributed by atoms with Crippen molar-refractivity contribution in [3.8, 4) is 10.7 Å². The SMILES string of the molecule is O=C1c2ccccc2CS(=O)(=O)N1Cc1nc(-c2cccs2)no1. The van der Waals surface area contributed by atoms with E-state index in [2.05, 4.69) is 10.1 Å². The van der Waals surface area contributed by atoms with E-state index in [9.17, 15) is 13.2 Å². The summed E-state index contributed by atoms with van der Waals surface area (Å²) in [7, 11) is -3.77. The van der Waals surface area contributed by atoms with Crippen LogP contribution >= 0.6 is 11.3 Å². The Bertz CT molecular complexity index is 1010. The molecule has 0 saturated heterocycles. The lowest BCUT2D eigenvalue weighted by molar-refractivity contribution is 0.0838. The van der Waals surface area contributed by atoms with Crippen LogP contribution in [0, 0.1) is 0 Å². The third-order valence-corrected chi connectivity index (χ3v) is 6.14.